The monoisotopic (exact) mass is 344 g/mol. The number of hydrogen-bond donors (Lipinski definition) is 1. The molecule has 26 heavy (non-hydrogen) atoms. The number of nitrogens with zero attached hydrogens (tertiary/aromatic N) is 1. The molecular formula is C22H20N2O2. The van der Waals surface area contributed by atoms with Crippen LogP contribution in [0.3, 0.4) is 0 Å². The van der Waals surface area contributed by atoms with Gasteiger partial charge in [0.1, 0.15) is 5.75 Å². The van der Waals surface area contributed by atoms with Crippen LogP contribution in [0.5, 0.6) is 5.75 Å². The molecule has 0 saturated heterocycles. The van der Waals surface area contributed by atoms with Crippen molar-refractivity contribution in [3.05, 3.63) is 90.5 Å². The summed E-state index contributed by atoms with van der Waals surface area (Å²) in [6, 6.07) is 27.5. The number of amides is 1. The Morgan fingerprint density at radius 3 is 2.35 bits per heavy atom. The Bertz CT molecular complexity index is 881. The number of ether oxygens (including phenoxy) is 1. The Hall–Kier alpha value is -3.27. The van der Waals surface area contributed by atoms with Gasteiger partial charge >= 0.3 is 0 Å². The lowest BCUT2D eigenvalue weighted by Crippen LogP contribution is -2.43. The molecule has 1 unspecified atom stereocenters. The van der Waals surface area contributed by atoms with E-state index in [0.29, 0.717) is 12.3 Å². The third kappa shape index (κ3) is 3.40. The normalized spacial score (nSPS) is 15.7. The van der Waals surface area contributed by atoms with Crippen LogP contribution in [-0.4, -0.2) is 19.1 Å². The molecule has 0 aromatic heterocycles. The number of carbonyl (C=O) groups excluding carboxylic acids is 1. The minimum atomic E-state index is -0.0521. The topological polar surface area (TPSA) is 41.6 Å². The second-order valence-corrected chi connectivity index (χ2v) is 6.23. The molecule has 4 rings (SSSR count). The molecule has 4 nitrogen and oxygen atoms in total. The van der Waals surface area contributed by atoms with Gasteiger partial charge in [0.25, 0.3) is 5.91 Å². The highest BCUT2D eigenvalue weighted by molar-refractivity contribution is 5.98. The molecule has 0 bridgehead atoms. The van der Waals surface area contributed by atoms with Crippen LogP contribution in [0.4, 0.5) is 11.4 Å². The number of para-hydroxylation sites is 3. The maximum absolute atomic E-state index is 12.9. The van der Waals surface area contributed by atoms with E-state index in [4.69, 9.17) is 4.74 Å². The Kier molecular flexibility index (Phi) is 4.56. The first-order chi connectivity index (χ1) is 12.8. The van der Waals surface area contributed by atoms with Gasteiger partial charge in [-0.25, -0.2) is 0 Å². The summed E-state index contributed by atoms with van der Waals surface area (Å²) < 4.78 is 5.67. The largest absolute Gasteiger partial charge is 0.484 e. The summed E-state index contributed by atoms with van der Waals surface area (Å²) in [6.45, 7) is 0.581. The summed E-state index contributed by atoms with van der Waals surface area (Å²) in [7, 11) is 0. The van der Waals surface area contributed by atoms with Crippen LogP contribution in [0.1, 0.15) is 11.6 Å². The van der Waals surface area contributed by atoms with Crippen molar-refractivity contribution in [3.63, 3.8) is 0 Å². The molecular weight excluding hydrogens is 324 g/mol. The fraction of sp³-hybridized carbons (Fsp3) is 0.136. The number of fused-ring (bicyclic) bond motifs is 1. The Balaban J connectivity index is 1.56. The highest BCUT2D eigenvalue weighted by Gasteiger charge is 2.28. The molecule has 0 spiro atoms. The van der Waals surface area contributed by atoms with E-state index in [0.717, 1.165) is 16.9 Å². The first kappa shape index (κ1) is 16.2. The van der Waals surface area contributed by atoms with Crippen molar-refractivity contribution in [2.75, 3.05) is 23.4 Å². The SMILES string of the molecule is O=C(COc1ccccc1)N1CC(c2ccccc2)Nc2ccccc21. The predicted octanol–water partition coefficient (Wildman–Crippen LogP) is 4.27. The quantitative estimate of drug-likeness (QED) is 0.769. The Morgan fingerprint density at radius 1 is 0.923 bits per heavy atom. The molecule has 3 aromatic carbocycles. The number of nitrogens with one attached hydrogen (secondary N) is 1. The molecule has 1 amide bonds. The van der Waals surface area contributed by atoms with Crippen molar-refractivity contribution in [2.45, 2.75) is 6.04 Å². The van der Waals surface area contributed by atoms with Crippen LogP contribution in [0.25, 0.3) is 0 Å². The van der Waals surface area contributed by atoms with Crippen molar-refractivity contribution in [2.24, 2.45) is 0 Å². The van der Waals surface area contributed by atoms with Gasteiger partial charge < -0.3 is 15.0 Å². The standard InChI is InChI=1S/C22H20N2O2/c25-22(16-26-18-11-5-2-6-12-18)24-15-20(17-9-3-1-4-10-17)23-19-13-7-8-14-21(19)24/h1-14,20,23H,15-16H2. The van der Waals surface area contributed by atoms with E-state index >= 15 is 0 Å². The summed E-state index contributed by atoms with van der Waals surface area (Å²) in [5, 5.41) is 3.54. The van der Waals surface area contributed by atoms with E-state index in [1.807, 2.05) is 77.7 Å². The lowest BCUT2D eigenvalue weighted by Gasteiger charge is -2.36. The molecule has 1 aliphatic rings. The van der Waals surface area contributed by atoms with Gasteiger partial charge in [-0.15, -0.1) is 0 Å². The number of hydrogen-bond acceptors (Lipinski definition) is 3. The first-order valence-electron chi connectivity index (χ1n) is 8.70. The molecule has 1 atom stereocenters. The zero-order chi connectivity index (χ0) is 17.8. The summed E-state index contributed by atoms with van der Waals surface area (Å²) in [5.74, 6) is 0.646. The van der Waals surface area contributed by atoms with Crippen LogP contribution in [0.2, 0.25) is 0 Å². The molecule has 0 aliphatic carbocycles. The summed E-state index contributed by atoms with van der Waals surface area (Å²) in [5.41, 5.74) is 3.01. The third-order valence-corrected chi connectivity index (χ3v) is 4.50. The number of benzene rings is 3. The van der Waals surface area contributed by atoms with Crippen LogP contribution < -0.4 is 15.0 Å². The van der Waals surface area contributed by atoms with Gasteiger partial charge in [0.15, 0.2) is 6.61 Å². The van der Waals surface area contributed by atoms with E-state index in [1.54, 1.807) is 0 Å². The molecule has 0 saturated carbocycles. The van der Waals surface area contributed by atoms with Gasteiger partial charge in [-0.1, -0.05) is 60.7 Å². The number of anilines is 2. The molecule has 0 fully saturated rings. The summed E-state index contributed by atoms with van der Waals surface area (Å²) in [4.78, 5) is 14.7. The maximum atomic E-state index is 12.9. The number of rotatable bonds is 4. The molecule has 1 heterocycles. The first-order valence-corrected chi connectivity index (χ1v) is 8.70. The van der Waals surface area contributed by atoms with Crippen molar-refractivity contribution in [3.8, 4) is 5.75 Å². The Labute approximate surface area is 153 Å². The molecule has 1 aliphatic heterocycles. The fourth-order valence-corrected chi connectivity index (χ4v) is 3.20. The fourth-order valence-electron chi connectivity index (χ4n) is 3.20. The van der Waals surface area contributed by atoms with Gasteiger partial charge in [-0.2, -0.15) is 0 Å². The van der Waals surface area contributed by atoms with E-state index in [1.165, 1.54) is 0 Å². The summed E-state index contributed by atoms with van der Waals surface area (Å²) in [6.07, 6.45) is 0. The zero-order valence-electron chi connectivity index (χ0n) is 14.3. The lowest BCUT2D eigenvalue weighted by molar-refractivity contribution is -0.120. The number of carbonyl (C=O) groups is 1. The van der Waals surface area contributed by atoms with Crippen molar-refractivity contribution >= 4 is 17.3 Å². The second kappa shape index (κ2) is 7.31. The maximum Gasteiger partial charge on any atom is 0.265 e. The van der Waals surface area contributed by atoms with E-state index < -0.39 is 0 Å². The second-order valence-electron chi connectivity index (χ2n) is 6.23. The van der Waals surface area contributed by atoms with Gasteiger partial charge in [0.05, 0.1) is 24.0 Å². The average Bonchev–Trinajstić information content (AvgIpc) is 2.72. The average molecular weight is 344 g/mol. The van der Waals surface area contributed by atoms with Gasteiger partial charge in [0, 0.05) is 0 Å². The summed E-state index contributed by atoms with van der Waals surface area (Å²) >= 11 is 0. The highest BCUT2D eigenvalue weighted by atomic mass is 16.5. The van der Waals surface area contributed by atoms with Gasteiger partial charge in [0.2, 0.25) is 0 Å². The minimum Gasteiger partial charge on any atom is -0.484 e. The van der Waals surface area contributed by atoms with Crippen LogP contribution in [0.15, 0.2) is 84.9 Å². The Morgan fingerprint density at radius 2 is 1.58 bits per heavy atom. The van der Waals surface area contributed by atoms with Crippen LogP contribution in [0, 0.1) is 0 Å². The van der Waals surface area contributed by atoms with Crippen LogP contribution >= 0.6 is 0 Å². The van der Waals surface area contributed by atoms with Crippen LogP contribution in [-0.2, 0) is 4.79 Å². The van der Waals surface area contributed by atoms with E-state index in [-0.39, 0.29) is 18.6 Å². The van der Waals surface area contributed by atoms with Crippen molar-refractivity contribution < 1.29 is 9.53 Å². The minimum absolute atomic E-state index is 0.0137. The van der Waals surface area contributed by atoms with Gasteiger partial charge in [-0.05, 0) is 29.8 Å². The third-order valence-electron chi connectivity index (χ3n) is 4.50. The molecule has 130 valence electrons. The molecule has 1 N–H and O–H groups in total. The zero-order valence-corrected chi connectivity index (χ0v) is 14.3. The highest BCUT2D eigenvalue weighted by Crippen LogP contribution is 2.35. The molecule has 0 radical (unpaired) electrons. The smallest absolute Gasteiger partial charge is 0.265 e. The lowest BCUT2D eigenvalue weighted by atomic mass is 10.0. The van der Waals surface area contributed by atoms with Crippen molar-refractivity contribution in [1.82, 2.24) is 0 Å². The molecule has 3 aromatic rings. The van der Waals surface area contributed by atoms with E-state index in [9.17, 15) is 4.79 Å². The van der Waals surface area contributed by atoms with Gasteiger partial charge in [-0.3, -0.25) is 4.79 Å². The van der Waals surface area contributed by atoms with E-state index in [2.05, 4.69) is 17.4 Å². The van der Waals surface area contributed by atoms with Crippen molar-refractivity contribution in [1.29, 1.82) is 0 Å². The predicted molar refractivity (Wildman–Crippen MR) is 104 cm³/mol. The molecule has 4 heteroatoms.